The Bertz CT molecular complexity index is 519. The molecule has 1 amide bonds. The minimum Gasteiger partial charge on any atom is -0.508 e. The number of hydrogen-bond acceptors (Lipinski definition) is 4. The van der Waals surface area contributed by atoms with Crippen molar-refractivity contribution >= 4 is 11.6 Å². The van der Waals surface area contributed by atoms with Gasteiger partial charge in [-0.1, -0.05) is 0 Å². The second-order valence-corrected chi connectivity index (χ2v) is 5.07. The van der Waals surface area contributed by atoms with Gasteiger partial charge >= 0.3 is 0 Å². The molecule has 5 heteroatoms. The predicted octanol–water partition coefficient (Wildman–Crippen LogP) is 2.13. The van der Waals surface area contributed by atoms with Crippen molar-refractivity contribution < 1.29 is 9.90 Å². The molecule has 0 bridgehead atoms. The smallest absolute Gasteiger partial charge is 0.263 e. The molecule has 3 N–H and O–H groups in total. The standard InChI is InChI=1S/C14H17N3O2/c1-14(2,3)17-13(19)10(8-15)9-16-11-4-6-12(18)7-5-11/h4-7,9,16,18H,1-3H3,(H,17,19)/b10-9-. The number of carbonyl (C=O) groups is 1. The zero-order chi connectivity index (χ0) is 14.5. The first-order valence-corrected chi connectivity index (χ1v) is 5.80. The lowest BCUT2D eigenvalue weighted by Crippen LogP contribution is -2.41. The van der Waals surface area contributed by atoms with Crippen LogP contribution in [-0.4, -0.2) is 16.6 Å². The maximum Gasteiger partial charge on any atom is 0.263 e. The topological polar surface area (TPSA) is 85.2 Å². The van der Waals surface area contributed by atoms with E-state index in [-0.39, 0.29) is 11.3 Å². The molecule has 0 aliphatic heterocycles. The number of nitrogens with zero attached hydrogens (tertiary/aromatic N) is 1. The molecule has 0 unspecified atom stereocenters. The Labute approximate surface area is 112 Å². The fraction of sp³-hybridized carbons (Fsp3) is 0.286. The van der Waals surface area contributed by atoms with Gasteiger partial charge in [-0.05, 0) is 45.0 Å². The van der Waals surface area contributed by atoms with E-state index < -0.39 is 11.4 Å². The van der Waals surface area contributed by atoms with Gasteiger partial charge in [0.25, 0.3) is 5.91 Å². The molecule has 0 saturated heterocycles. The van der Waals surface area contributed by atoms with Gasteiger partial charge in [0.05, 0.1) is 0 Å². The number of nitriles is 1. The van der Waals surface area contributed by atoms with Crippen LogP contribution < -0.4 is 10.6 Å². The molecule has 0 aliphatic rings. The summed E-state index contributed by atoms with van der Waals surface area (Å²) in [5.74, 6) is -0.276. The number of amides is 1. The Morgan fingerprint density at radius 3 is 2.37 bits per heavy atom. The summed E-state index contributed by atoms with van der Waals surface area (Å²) >= 11 is 0. The number of phenolic OH excluding ortho intramolecular Hbond substituents is 1. The Morgan fingerprint density at radius 1 is 1.32 bits per heavy atom. The van der Waals surface area contributed by atoms with Crippen molar-refractivity contribution in [2.45, 2.75) is 26.3 Å². The van der Waals surface area contributed by atoms with Crippen molar-refractivity contribution in [2.24, 2.45) is 0 Å². The van der Waals surface area contributed by atoms with Gasteiger partial charge in [-0.15, -0.1) is 0 Å². The molecule has 100 valence electrons. The Balaban J connectivity index is 2.75. The third kappa shape index (κ3) is 5.13. The Kier molecular flexibility index (Phi) is 4.54. The van der Waals surface area contributed by atoms with Crippen LogP contribution in [0.4, 0.5) is 5.69 Å². The molecule has 0 radical (unpaired) electrons. The highest BCUT2D eigenvalue weighted by Crippen LogP contribution is 2.14. The van der Waals surface area contributed by atoms with Gasteiger partial charge < -0.3 is 15.7 Å². The highest BCUT2D eigenvalue weighted by atomic mass is 16.3. The second kappa shape index (κ2) is 5.91. The van der Waals surface area contributed by atoms with Crippen LogP contribution in [0.5, 0.6) is 5.75 Å². The third-order valence-electron chi connectivity index (χ3n) is 2.10. The lowest BCUT2D eigenvalue weighted by molar-refractivity contribution is -0.118. The Hall–Kier alpha value is -2.48. The summed E-state index contributed by atoms with van der Waals surface area (Å²) in [4.78, 5) is 11.8. The summed E-state index contributed by atoms with van der Waals surface area (Å²) in [5.41, 5.74) is 0.267. The van der Waals surface area contributed by atoms with Crippen LogP contribution in [0, 0.1) is 11.3 Å². The molecular weight excluding hydrogens is 242 g/mol. The average molecular weight is 259 g/mol. The highest BCUT2D eigenvalue weighted by Gasteiger charge is 2.16. The van der Waals surface area contributed by atoms with Crippen LogP contribution in [0.3, 0.4) is 0 Å². The molecule has 0 heterocycles. The van der Waals surface area contributed by atoms with Crippen LogP contribution >= 0.6 is 0 Å². The number of carbonyl (C=O) groups excluding carboxylic acids is 1. The van der Waals surface area contributed by atoms with Crippen LogP contribution in [-0.2, 0) is 4.79 Å². The van der Waals surface area contributed by atoms with E-state index in [9.17, 15) is 4.79 Å². The van der Waals surface area contributed by atoms with Gasteiger partial charge in [0.2, 0.25) is 0 Å². The summed E-state index contributed by atoms with van der Waals surface area (Å²) in [6.45, 7) is 5.52. The number of nitrogens with one attached hydrogen (secondary N) is 2. The van der Waals surface area contributed by atoms with Crippen molar-refractivity contribution in [2.75, 3.05) is 5.32 Å². The summed E-state index contributed by atoms with van der Waals surface area (Å²) in [6.07, 6.45) is 1.34. The van der Waals surface area contributed by atoms with Gasteiger partial charge in [-0.2, -0.15) is 5.26 Å². The van der Waals surface area contributed by atoms with E-state index in [0.717, 1.165) is 0 Å². The fourth-order valence-corrected chi connectivity index (χ4v) is 1.27. The largest absolute Gasteiger partial charge is 0.508 e. The van der Waals surface area contributed by atoms with Gasteiger partial charge in [0, 0.05) is 17.4 Å². The SMILES string of the molecule is CC(C)(C)NC(=O)/C(C#N)=C\Nc1ccc(O)cc1. The molecule has 0 fully saturated rings. The maximum atomic E-state index is 11.8. The molecule has 1 aromatic carbocycles. The summed E-state index contributed by atoms with van der Waals surface area (Å²) < 4.78 is 0. The van der Waals surface area contributed by atoms with Gasteiger partial charge in [0.15, 0.2) is 0 Å². The van der Waals surface area contributed by atoms with Crippen molar-refractivity contribution in [3.63, 3.8) is 0 Å². The van der Waals surface area contributed by atoms with Crippen molar-refractivity contribution in [3.05, 3.63) is 36.0 Å². The number of anilines is 1. The third-order valence-corrected chi connectivity index (χ3v) is 2.10. The maximum absolute atomic E-state index is 11.8. The minimum atomic E-state index is -0.429. The van der Waals surface area contributed by atoms with Gasteiger partial charge in [0.1, 0.15) is 17.4 Å². The van der Waals surface area contributed by atoms with E-state index in [2.05, 4.69) is 10.6 Å². The first-order valence-electron chi connectivity index (χ1n) is 5.80. The van der Waals surface area contributed by atoms with E-state index >= 15 is 0 Å². The first-order chi connectivity index (χ1) is 8.81. The van der Waals surface area contributed by atoms with Crippen LogP contribution in [0.2, 0.25) is 0 Å². The van der Waals surface area contributed by atoms with E-state index in [4.69, 9.17) is 10.4 Å². The van der Waals surface area contributed by atoms with Crippen molar-refractivity contribution in [3.8, 4) is 11.8 Å². The Morgan fingerprint density at radius 2 is 1.89 bits per heavy atom. The molecule has 1 rings (SSSR count). The molecule has 0 spiro atoms. The number of aromatic hydroxyl groups is 1. The molecule has 1 aromatic rings. The molecule has 0 aliphatic carbocycles. The van der Waals surface area contributed by atoms with Gasteiger partial charge in [-0.3, -0.25) is 4.79 Å². The van der Waals surface area contributed by atoms with Crippen LogP contribution in [0.15, 0.2) is 36.0 Å². The van der Waals surface area contributed by atoms with E-state index in [1.807, 2.05) is 26.8 Å². The summed E-state index contributed by atoms with van der Waals surface area (Å²) in [5, 5.41) is 23.6. The van der Waals surface area contributed by atoms with E-state index in [0.29, 0.717) is 5.69 Å². The lowest BCUT2D eigenvalue weighted by atomic mass is 10.1. The fourth-order valence-electron chi connectivity index (χ4n) is 1.27. The summed E-state index contributed by atoms with van der Waals surface area (Å²) in [6, 6.07) is 8.15. The second-order valence-electron chi connectivity index (χ2n) is 5.07. The average Bonchev–Trinajstić information content (AvgIpc) is 2.30. The summed E-state index contributed by atoms with van der Waals surface area (Å²) in [7, 11) is 0. The van der Waals surface area contributed by atoms with Crippen LogP contribution in [0.1, 0.15) is 20.8 Å². The molecule has 0 saturated carbocycles. The number of benzene rings is 1. The van der Waals surface area contributed by atoms with Crippen LogP contribution in [0.25, 0.3) is 0 Å². The lowest BCUT2D eigenvalue weighted by Gasteiger charge is -2.20. The molecule has 0 atom stereocenters. The first kappa shape index (κ1) is 14.6. The van der Waals surface area contributed by atoms with E-state index in [1.165, 1.54) is 18.3 Å². The number of hydrogen-bond donors (Lipinski definition) is 3. The minimum absolute atomic E-state index is 0.0111. The zero-order valence-electron chi connectivity index (χ0n) is 11.2. The molecule has 5 nitrogen and oxygen atoms in total. The molecular formula is C14H17N3O2. The quantitative estimate of drug-likeness (QED) is 0.441. The molecule has 0 aromatic heterocycles. The predicted molar refractivity (Wildman–Crippen MR) is 73.3 cm³/mol. The number of rotatable bonds is 3. The monoisotopic (exact) mass is 259 g/mol. The molecule has 19 heavy (non-hydrogen) atoms. The van der Waals surface area contributed by atoms with E-state index in [1.54, 1.807) is 12.1 Å². The van der Waals surface area contributed by atoms with Crippen molar-refractivity contribution in [1.29, 1.82) is 5.26 Å². The number of phenols is 1. The highest BCUT2D eigenvalue weighted by molar-refractivity contribution is 5.97. The zero-order valence-corrected chi connectivity index (χ0v) is 11.2. The van der Waals surface area contributed by atoms with Gasteiger partial charge in [-0.25, -0.2) is 0 Å². The normalized spacial score (nSPS) is 11.6. The van der Waals surface area contributed by atoms with Crippen molar-refractivity contribution in [1.82, 2.24) is 5.32 Å².